The van der Waals surface area contributed by atoms with Crippen molar-refractivity contribution in [2.24, 2.45) is 0 Å². The standard InChI is InChI=1S/C26H31N5O3/c1-19-2-4-20(5-3-19)17-27-26(33)30-9-6-21(7-10-30)22-8-11-31-24(16-22)23(18-28-31)25(32)29-12-14-34-15-13-29/h2-5,8,11,16,18,21H,6-7,9-10,12-15,17H2,1H3,(H,27,33). The average molecular weight is 462 g/mol. The second-order valence-corrected chi connectivity index (χ2v) is 9.16. The van der Waals surface area contributed by atoms with Crippen LogP contribution >= 0.6 is 0 Å². The van der Waals surface area contributed by atoms with Gasteiger partial charge in [-0.05, 0) is 48.9 Å². The summed E-state index contributed by atoms with van der Waals surface area (Å²) in [7, 11) is 0. The summed E-state index contributed by atoms with van der Waals surface area (Å²) in [6, 6.07) is 12.4. The number of benzene rings is 1. The Balaban J connectivity index is 1.21. The quantitative estimate of drug-likeness (QED) is 0.647. The number of ether oxygens (including phenoxy) is 1. The molecule has 0 unspecified atom stereocenters. The Labute approximate surface area is 199 Å². The van der Waals surface area contributed by atoms with E-state index in [0.29, 0.717) is 57.4 Å². The first kappa shape index (κ1) is 22.4. The highest BCUT2D eigenvalue weighted by atomic mass is 16.5. The molecule has 3 aromatic rings. The fourth-order valence-corrected chi connectivity index (χ4v) is 4.76. The molecule has 0 saturated carbocycles. The van der Waals surface area contributed by atoms with Gasteiger partial charge in [0.25, 0.3) is 5.91 Å². The number of urea groups is 1. The molecule has 2 saturated heterocycles. The molecule has 0 radical (unpaired) electrons. The number of fused-ring (bicyclic) bond motifs is 1. The van der Waals surface area contributed by atoms with Crippen molar-refractivity contribution in [2.75, 3.05) is 39.4 Å². The predicted octanol–water partition coefficient (Wildman–Crippen LogP) is 3.20. The molecule has 2 aliphatic heterocycles. The van der Waals surface area contributed by atoms with Crippen molar-refractivity contribution < 1.29 is 14.3 Å². The summed E-state index contributed by atoms with van der Waals surface area (Å²) in [5.74, 6) is 0.364. The number of aromatic nitrogens is 2. The number of carbonyl (C=O) groups is 2. The van der Waals surface area contributed by atoms with Gasteiger partial charge < -0.3 is 19.9 Å². The van der Waals surface area contributed by atoms with Gasteiger partial charge in [0.1, 0.15) is 0 Å². The van der Waals surface area contributed by atoms with Gasteiger partial charge >= 0.3 is 6.03 Å². The molecule has 1 aromatic carbocycles. The number of morpholine rings is 1. The third kappa shape index (κ3) is 4.77. The van der Waals surface area contributed by atoms with Crippen molar-refractivity contribution in [1.82, 2.24) is 24.7 Å². The summed E-state index contributed by atoms with van der Waals surface area (Å²) in [6.07, 6.45) is 5.39. The summed E-state index contributed by atoms with van der Waals surface area (Å²) >= 11 is 0. The average Bonchev–Trinajstić information content (AvgIpc) is 3.31. The predicted molar refractivity (Wildman–Crippen MR) is 129 cm³/mol. The number of amides is 3. The van der Waals surface area contributed by atoms with Crippen molar-refractivity contribution in [3.05, 3.63) is 71.0 Å². The van der Waals surface area contributed by atoms with E-state index in [4.69, 9.17) is 4.74 Å². The normalized spacial score (nSPS) is 17.2. The maximum atomic E-state index is 13.0. The molecule has 4 heterocycles. The summed E-state index contributed by atoms with van der Waals surface area (Å²) in [5.41, 5.74) is 4.99. The van der Waals surface area contributed by atoms with E-state index in [1.807, 2.05) is 28.1 Å². The molecule has 178 valence electrons. The van der Waals surface area contributed by atoms with Gasteiger partial charge in [-0.1, -0.05) is 29.8 Å². The van der Waals surface area contributed by atoms with Gasteiger partial charge in [-0.2, -0.15) is 5.10 Å². The maximum absolute atomic E-state index is 13.0. The van der Waals surface area contributed by atoms with Crippen molar-refractivity contribution in [1.29, 1.82) is 0 Å². The fraction of sp³-hybridized carbons (Fsp3) is 0.423. The minimum absolute atomic E-state index is 0.00974. The molecular formula is C26H31N5O3. The minimum atomic E-state index is -0.0105. The second kappa shape index (κ2) is 9.85. The van der Waals surface area contributed by atoms with Crippen molar-refractivity contribution in [3.8, 4) is 0 Å². The Bertz CT molecular complexity index is 1160. The summed E-state index contributed by atoms with van der Waals surface area (Å²) in [5, 5.41) is 7.42. The summed E-state index contributed by atoms with van der Waals surface area (Å²) < 4.78 is 7.14. The van der Waals surface area contributed by atoms with Crippen molar-refractivity contribution in [2.45, 2.75) is 32.2 Å². The number of nitrogens with one attached hydrogen (secondary N) is 1. The molecule has 34 heavy (non-hydrogen) atoms. The van der Waals surface area contributed by atoms with Crippen molar-refractivity contribution >= 4 is 17.5 Å². The van der Waals surface area contributed by atoms with E-state index in [-0.39, 0.29) is 11.9 Å². The number of likely N-dealkylation sites (tertiary alicyclic amines) is 1. The summed E-state index contributed by atoms with van der Waals surface area (Å²) in [6.45, 7) is 6.40. The maximum Gasteiger partial charge on any atom is 0.317 e. The van der Waals surface area contributed by atoms with Crippen LogP contribution in [0.25, 0.3) is 5.52 Å². The van der Waals surface area contributed by atoms with Crippen LogP contribution in [0.5, 0.6) is 0 Å². The number of aryl methyl sites for hydroxylation is 1. The van der Waals surface area contributed by atoms with Crippen LogP contribution in [0.2, 0.25) is 0 Å². The zero-order valence-electron chi connectivity index (χ0n) is 19.6. The Hall–Kier alpha value is -3.39. The molecule has 5 rings (SSSR count). The molecule has 2 aliphatic rings. The monoisotopic (exact) mass is 461 g/mol. The highest BCUT2D eigenvalue weighted by Gasteiger charge is 2.26. The van der Waals surface area contributed by atoms with Crippen LogP contribution in [0.15, 0.2) is 48.8 Å². The number of hydrogen-bond acceptors (Lipinski definition) is 4. The first-order chi connectivity index (χ1) is 16.6. The number of nitrogens with zero attached hydrogens (tertiary/aromatic N) is 4. The highest BCUT2D eigenvalue weighted by molar-refractivity contribution is 6.00. The lowest BCUT2D eigenvalue weighted by Gasteiger charge is -2.32. The molecule has 0 spiro atoms. The lowest BCUT2D eigenvalue weighted by molar-refractivity contribution is 0.0304. The second-order valence-electron chi connectivity index (χ2n) is 9.16. The molecule has 8 nitrogen and oxygen atoms in total. The molecule has 3 amide bonds. The van der Waals surface area contributed by atoms with Gasteiger partial charge in [-0.3, -0.25) is 4.79 Å². The van der Waals surface area contributed by atoms with E-state index in [0.717, 1.165) is 23.9 Å². The number of pyridine rings is 1. The first-order valence-corrected chi connectivity index (χ1v) is 12.0. The van der Waals surface area contributed by atoms with Crippen LogP contribution in [0.3, 0.4) is 0 Å². The van der Waals surface area contributed by atoms with Crippen LogP contribution in [-0.2, 0) is 11.3 Å². The number of carbonyl (C=O) groups excluding carboxylic acids is 2. The molecule has 0 bridgehead atoms. The van der Waals surface area contributed by atoms with E-state index < -0.39 is 0 Å². The summed E-state index contributed by atoms with van der Waals surface area (Å²) in [4.78, 5) is 29.4. The first-order valence-electron chi connectivity index (χ1n) is 12.0. The van der Waals surface area contributed by atoms with E-state index in [1.54, 1.807) is 10.7 Å². The van der Waals surface area contributed by atoms with Gasteiger partial charge in [-0.25, -0.2) is 9.31 Å². The highest BCUT2D eigenvalue weighted by Crippen LogP contribution is 2.29. The van der Waals surface area contributed by atoms with Gasteiger partial charge in [0.15, 0.2) is 0 Å². The van der Waals surface area contributed by atoms with E-state index in [1.165, 1.54) is 11.1 Å². The number of rotatable bonds is 4. The molecule has 8 heteroatoms. The van der Waals surface area contributed by atoms with Gasteiger partial charge in [0.2, 0.25) is 0 Å². The van der Waals surface area contributed by atoms with Crippen LogP contribution < -0.4 is 5.32 Å². The molecule has 2 aromatic heterocycles. The van der Waals surface area contributed by atoms with Crippen LogP contribution in [-0.4, -0.2) is 70.7 Å². The molecule has 2 fully saturated rings. The molecular weight excluding hydrogens is 430 g/mol. The minimum Gasteiger partial charge on any atom is -0.378 e. The smallest absolute Gasteiger partial charge is 0.317 e. The van der Waals surface area contributed by atoms with Crippen molar-refractivity contribution in [3.63, 3.8) is 0 Å². The Kier molecular flexibility index (Phi) is 6.49. The molecule has 0 aliphatic carbocycles. The molecule has 0 atom stereocenters. The Morgan fingerprint density at radius 1 is 1.03 bits per heavy atom. The SMILES string of the molecule is Cc1ccc(CNC(=O)N2CCC(c3ccn4ncc(C(=O)N5CCOCC5)c4c3)CC2)cc1. The van der Waals surface area contributed by atoms with Crippen LogP contribution in [0.4, 0.5) is 4.79 Å². The number of hydrogen-bond donors (Lipinski definition) is 1. The third-order valence-corrected chi connectivity index (χ3v) is 6.89. The van der Waals surface area contributed by atoms with E-state index >= 15 is 0 Å². The fourth-order valence-electron chi connectivity index (χ4n) is 4.76. The largest absolute Gasteiger partial charge is 0.378 e. The lowest BCUT2D eigenvalue weighted by Crippen LogP contribution is -2.43. The van der Waals surface area contributed by atoms with Crippen LogP contribution in [0.1, 0.15) is 45.8 Å². The third-order valence-electron chi connectivity index (χ3n) is 6.89. The van der Waals surface area contributed by atoms with Gasteiger partial charge in [0, 0.05) is 38.9 Å². The lowest BCUT2D eigenvalue weighted by atomic mass is 9.89. The molecule has 1 N–H and O–H groups in total. The van der Waals surface area contributed by atoms with E-state index in [2.05, 4.69) is 41.6 Å². The van der Waals surface area contributed by atoms with E-state index in [9.17, 15) is 9.59 Å². The number of piperidine rings is 1. The van der Waals surface area contributed by atoms with Gasteiger partial charge in [0.05, 0.1) is 30.5 Å². The zero-order chi connectivity index (χ0) is 23.5. The Morgan fingerprint density at radius 2 is 1.76 bits per heavy atom. The Morgan fingerprint density at radius 3 is 2.50 bits per heavy atom. The topological polar surface area (TPSA) is 79.2 Å². The van der Waals surface area contributed by atoms with Crippen LogP contribution in [0, 0.1) is 6.92 Å². The van der Waals surface area contributed by atoms with Gasteiger partial charge in [-0.15, -0.1) is 0 Å². The zero-order valence-corrected chi connectivity index (χ0v) is 19.6.